The second kappa shape index (κ2) is 15.2. The molecule has 0 aliphatic carbocycles. The zero-order chi connectivity index (χ0) is 15.8. The van der Waals surface area contributed by atoms with Gasteiger partial charge in [0.15, 0.2) is 0 Å². The van der Waals surface area contributed by atoms with Crippen LogP contribution in [-0.4, -0.2) is 36.5 Å². The second-order valence-corrected chi connectivity index (χ2v) is 7.13. The lowest BCUT2D eigenvalue weighted by Gasteiger charge is -2.39. The van der Waals surface area contributed by atoms with Crippen LogP contribution in [0.15, 0.2) is 0 Å². The summed E-state index contributed by atoms with van der Waals surface area (Å²) in [5.41, 5.74) is 0. The molecule has 1 nitrogen and oxygen atoms in total. The van der Waals surface area contributed by atoms with E-state index in [4.69, 9.17) is 11.6 Å². The molecular weight excluding hydrogens is 278 g/mol. The van der Waals surface area contributed by atoms with Crippen molar-refractivity contribution in [1.82, 2.24) is 0 Å². The van der Waals surface area contributed by atoms with Crippen LogP contribution in [0, 0.1) is 0 Å². The predicted octanol–water partition coefficient (Wildman–Crippen LogP) is 6.39. The summed E-state index contributed by atoms with van der Waals surface area (Å²) in [6.07, 6.45) is 15.0. The third-order valence-electron chi connectivity index (χ3n) is 4.72. The summed E-state index contributed by atoms with van der Waals surface area (Å²) in [5, 5.41) is 0. The molecule has 0 fully saturated rings. The maximum atomic E-state index is 6.00. The molecule has 0 aromatic rings. The van der Waals surface area contributed by atoms with Crippen molar-refractivity contribution in [1.29, 1.82) is 0 Å². The molecule has 128 valence electrons. The highest BCUT2D eigenvalue weighted by Crippen LogP contribution is 2.18. The van der Waals surface area contributed by atoms with Crippen molar-refractivity contribution < 1.29 is 4.48 Å². The van der Waals surface area contributed by atoms with Crippen molar-refractivity contribution in [3.05, 3.63) is 0 Å². The molecule has 0 saturated carbocycles. The maximum absolute atomic E-state index is 6.00. The summed E-state index contributed by atoms with van der Waals surface area (Å²) in [4.78, 5) is 0. The Morgan fingerprint density at radius 2 is 0.905 bits per heavy atom. The zero-order valence-corrected chi connectivity index (χ0v) is 15.9. The average Bonchev–Trinajstić information content (AvgIpc) is 2.50. The minimum absolute atomic E-state index is 0.830. The fourth-order valence-corrected chi connectivity index (χ4v) is 3.45. The van der Waals surface area contributed by atoms with Gasteiger partial charge in [0.1, 0.15) is 0 Å². The topological polar surface area (TPSA) is 0 Å². The van der Waals surface area contributed by atoms with Gasteiger partial charge < -0.3 is 4.48 Å². The summed E-state index contributed by atoms with van der Waals surface area (Å²) in [7, 11) is 0. The number of rotatable bonds is 16. The average molecular weight is 319 g/mol. The Balaban J connectivity index is 4.48. The molecule has 0 aliphatic heterocycles. The molecule has 0 bridgehead atoms. The molecule has 0 aliphatic rings. The fraction of sp³-hybridized carbons (Fsp3) is 1.00. The van der Waals surface area contributed by atoms with Crippen LogP contribution in [0.25, 0.3) is 0 Å². The van der Waals surface area contributed by atoms with Crippen LogP contribution in [0.2, 0.25) is 0 Å². The molecule has 2 heteroatoms. The Bertz CT molecular complexity index is 196. The van der Waals surface area contributed by atoms with Gasteiger partial charge in [-0.15, -0.1) is 11.6 Å². The lowest BCUT2D eigenvalue weighted by atomic mass is 10.1. The van der Waals surface area contributed by atoms with E-state index in [2.05, 4.69) is 20.8 Å². The van der Waals surface area contributed by atoms with Crippen molar-refractivity contribution >= 4 is 11.6 Å². The summed E-state index contributed by atoms with van der Waals surface area (Å²) >= 11 is 6.00. The number of alkyl halides is 1. The van der Waals surface area contributed by atoms with E-state index in [1.54, 1.807) is 0 Å². The van der Waals surface area contributed by atoms with Gasteiger partial charge in [-0.25, -0.2) is 0 Å². The van der Waals surface area contributed by atoms with Crippen molar-refractivity contribution in [2.75, 3.05) is 32.1 Å². The van der Waals surface area contributed by atoms with Crippen LogP contribution in [0.1, 0.15) is 91.4 Å². The van der Waals surface area contributed by atoms with E-state index in [0.717, 1.165) is 5.88 Å². The van der Waals surface area contributed by atoms with Gasteiger partial charge in [-0.1, -0.05) is 46.5 Å². The summed E-state index contributed by atoms with van der Waals surface area (Å²) < 4.78 is 1.36. The normalized spacial score (nSPS) is 12.0. The fourth-order valence-electron chi connectivity index (χ4n) is 3.33. The van der Waals surface area contributed by atoms with Crippen LogP contribution in [0.5, 0.6) is 0 Å². The quantitative estimate of drug-likeness (QED) is 0.176. The highest BCUT2D eigenvalue weighted by atomic mass is 35.5. The number of hydrogen-bond donors (Lipinski definition) is 0. The SMILES string of the molecule is CCCCCC[N+](CCCCl)(CCCCC)CCCCC. The van der Waals surface area contributed by atoms with Gasteiger partial charge in [0.2, 0.25) is 0 Å². The van der Waals surface area contributed by atoms with E-state index in [1.165, 1.54) is 101 Å². The summed E-state index contributed by atoms with van der Waals surface area (Å²) in [6, 6.07) is 0. The molecule has 0 amide bonds. The van der Waals surface area contributed by atoms with Gasteiger partial charge in [0.25, 0.3) is 0 Å². The first kappa shape index (κ1) is 21.2. The van der Waals surface area contributed by atoms with Crippen molar-refractivity contribution in [3.8, 4) is 0 Å². The number of halogens is 1. The molecule has 0 heterocycles. The van der Waals surface area contributed by atoms with Crippen LogP contribution in [0.4, 0.5) is 0 Å². The van der Waals surface area contributed by atoms with Gasteiger partial charge in [-0.2, -0.15) is 0 Å². The molecule has 0 unspecified atom stereocenters. The first-order chi connectivity index (χ1) is 10.2. The largest absolute Gasteiger partial charge is 0.324 e. The summed E-state index contributed by atoms with van der Waals surface area (Å²) in [5.74, 6) is 0.830. The molecule has 0 aromatic heterocycles. The van der Waals surface area contributed by atoms with E-state index in [1.807, 2.05) is 0 Å². The minimum atomic E-state index is 0.830. The molecule has 0 saturated heterocycles. The molecule has 0 N–H and O–H groups in total. The number of nitrogens with zero attached hydrogens (tertiary/aromatic N) is 1. The Morgan fingerprint density at radius 3 is 1.33 bits per heavy atom. The van der Waals surface area contributed by atoms with Crippen LogP contribution < -0.4 is 0 Å². The van der Waals surface area contributed by atoms with E-state index in [-0.39, 0.29) is 0 Å². The summed E-state index contributed by atoms with van der Waals surface area (Å²) in [6.45, 7) is 12.4. The monoisotopic (exact) mass is 318 g/mol. The Kier molecular flexibility index (Phi) is 15.3. The molecule has 0 atom stereocenters. The molecule has 0 rings (SSSR count). The van der Waals surface area contributed by atoms with E-state index in [0.29, 0.717) is 0 Å². The van der Waals surface area contributed by atoms with Crippen LogP contribution in [-0.2, 0) is 0 Å². The molecule has 0 spiro atoms. The molecular formula is C19H41ClN+. The standard InChI is InChI=1S/C19H41ClN/c1-4-7-10-13-18-21(19-14-15-20,16-11-8-5-2)17-12-9-6-3/h4-19H2,1-3H3/q+1. The van der Waals surface area contributed by atoms with Crippen molar-refractivity contribution in [3.63, 3.8) is 0 Å². The third-order valence-corrected chi connectivity index (χ3v) is 4.99. The van der Waals surface area contributed by atoms with Crippen LogP contribution >= 0.6 is 11.6 Å². The first-order valence-corrected chi connectivity index (χ1v) is 10.2. The second-order valence-electron chi connectivity index (χ2n) is 6.75. The Labute approximate surface area is 140 Å². The highest BCUT2D eigenvalue weighted by Gasteiger charge is 2.25. The Morgan fingerprint density at radius 1 is 0.524 bits per heavy atom. The predicted molar refractivity (Wildman–Crippen MR) is 98.3 cm³/mol. The molecule has 0 aromatic carbocycles. The van der Waals surface area contributed by atoms with Gasteiger partial charge >= 0.3 is 0 Å². The number of unbranched alkanes of at least 4 members (excludes halogenated alkanes) is 7. The number of quaternary nitrogens is 1. The van der Waals surface area contributed by atoms with E-state index in [9.17, 15) is 0 Å². The van der Waals surface area contributed by atoms with Gasteiger partial charge in [-0.3, -0.25) is 0 Å². The van der Waals surface area contributed by atoms with Crippen molar-refractivity contribution in [2.45, 2.75) is 91.4 Å². The first-order valence-electron chi connectivity index (χ1n) is 9.65. The highest BCUT2D eigenvalue weighted by molar-refractivity contribution is 6.17. The smallest absolute Gasteiger partial charge is 0.0798 e. The van der Waals surface area contributed by atoms with Gasteiger partial charge in [0, 0.05) is 12.3 Å². The lowest BCUT2D eigenvalue weighted by molar-refractivity contribution is -0.928. The lowest BCUT2D eigenvalue weighted by Crippen LogP contribution is -2.51. The van der Waals surface area contributed by atoms with E-state index < -0.39 is 0 Å². The van der Waals surface area contributed by atoms with Crippen molar-refractivity contribution in [2.24, 2.45) is 0 Å². The third kappa shape index (κ3) is 11.5. The van der Waals surface area contributed by atoms with E-state index >= 15 is 0 Å². The molecule has 21 heavy (non-hydrogen) atoms. The van der Waals surface area contributed by atoms with Gasteiger partial charge in [-0.05, 0) is 38.5 Å². The zero-order valence-electron chi connectivity index (χ0n) is 15.1. The maximum Gasteiger partial charge on any atom is 0.0798 e. The van der Waals surface area contributed by atoms with Gasteiger partial charge in [0.05, 0.1) is 26.2 Å². The number of hydrogen-bond acceptors (Lipinski definition) is 0. The van der Waals surface area contributed by atoms with Crippen LogP contribution in [0.3, 0.4) is 0 Å². The molecule has 0 radical (unpaired) electrons. The Hall–Kier alpha value is 0.250. The minimum Gasteiger partial charge on any atom is -0.324 e.